The second-order valence-electron chi connectivity index (χ2n) is 6.86. The van der Waals surface area contributed by atoms with Crippen molar-refractivity contribution in [3.63, 3.8) is 0 Å². The number of rotatable bonds is 7. The van der Waals surface area contributed by atoms with E-state index in [1.54, 1.807) is 24.3 Å². The quantitative estimate of drug-likeness (QED) is 0.709. The van der Waals surface area contributed by atoms with Crippen LogP contribution >= 0.6 is 0 Å². The molecule has 0 aromatic heterocycles. The minimum atomic E-state index is -0.210. The van der Waals surface area contributed by atoms with Gasteiger partial charge in [-0.2, -0.15) is 0 Å². The van der Waals surface area contributed by atoms with Gasteiger partial charge in [-0.1, -0.05) is 25.0 Å². The van der Waals surface area contributed by atoms with Crippen molar-refractivity contribution in [1.82, 2.24) is 10.6 Å². The third kappa shape index (κ3) is 5.05. The number of benzene rings is 1. The Labute approximate surface area is 147 Å². The van der Waals surface area contributed by atoms with Crippen molar-refractivity contribution in [3.8, 4) is 0 Å². The lowest BCUT2D eigenvalue weighted by Crippen LogP contribution is -2.32. The molecule has 3 N–H and O–H groups in total. The standard InChI is InChI=1S/C19H25N3O3/c23-17(11-12-20-18(24)13-5-1-2-6-13)22-16-8-4-3-7-15(16)19(25)21-14-9-10-14/h3-4,7-8,13-14H,1-2,5-6,9-12H2,(H,20,24)(H,21,25)(H,22,23). The maximum absolute atomic E-state index is 12.2. The summed E-state index contributed by atoms with van der Waals surface area (Å²) >= 11 is 0. The van der Waals surface area contributed by atoms with E-state index in [4.69, 9.17) is 0 Å². The molecule has 1 aromatic rings. The summed E-state index contributed by atoms with van der Waals surface area (Å²) in [5, 5.41) is 8.54. The largest absolute Gasteiger partial charge is 0.355 e. The molecule has 2 fully saturated rings. The number of anilines is 1. The Balaban J connectivity index is 1.47. The lowest BCUT2D eigenvalue weighted by molar-refractivity contribution is -0.124. The summed E-state index contributed by atoms with van der Waals surface area (Å²) < 4.78 is 0. The van der Waals surface area contributed by atoms with Crippen LogP contribution in [0.2, 0.25) is 0 Å². The van der Waals surface area contributed by atoms with E-state index in [0.717, 1.165) is 38.5 Å². The number of amides is 3. The fourth-order valence-corrected chi connectivity index (χ4v) is 3.13. The van der Waals surface area contributed by atoms with Gasteiger partial charge in [-0.3, -0.25) is 14.4 Å². The monoisotopic (exact) mass is 343 g/mol. The first-order chi connectivity index (χ1) is 12.1. The van der Waals surface area contributed by atoms with Crippen molar-refractivity contribution in [1.29, 1.82) is 0 Å². The van der Waals surface area contributed by atoms with Crippen molar-refractivity contribution in [3.05, 3.63) is 29.8 Å². The Morgan fingerprint density at radius 2 is 1.72 bits per heavy atom. The zero-order valence-electron chi connectivity index (χ0n) is 14.3. The van der Waals surface area contributed by atoms with Crippen molar-refractivity contribution < 1.29 is 14.4 Å². The van der Waals surface area contributed by atoms with E-state index in [1.165, 1.54) is 0 Å². The van der Waals surface area contributed by atoms with Crippen LogP contribution in [0, 0.1) is 5.92 Å². The molecular formula is C19H25N3O3. The van der Waals surface area contributed by atoms with Gasteiger partial charge in [0, 0.05) is 24.9 Å². The molecule has 6 heteroatoms. The highest BCUT2D eigenvalue weighted by Crippen LogP contribution is 2.24. The highest BCUT2D eigenvalue weighted by Gasteiger charge is 2.25. The Hall–Kier alpha value is -2.37. The van der Waals surface area contributed by atoms with Crippen molar-refractivity contribution >= 4 is 23.4 Å². The normalized spacial score (nSPS) is 17.1. The van der Waals surface area contributed by atoms with E-state index >= 15 is 0 Å². The molecule has 1 aromatic carbocycles. The smallest absolute Gasteiger partial charge is 0.253 e. The van der Waals surface area contributed by atoms with Crippen LogP contribution in [0.1, 0.15) is 55.3 Å². The summed E-state index contributed by atoms with van der Waals surface area (Å²) in [4.78, 5) is 36.3. The second kappa shape index (κ2) is 8.14. The Bertz CT molecular complexity index is 649. The molecule has 0 atom stereocenters. The molecule has 0 radical (unpaired) electrons. The Morgan fingerprint density at radius 1 is 1.00 bits per heavy atom. The van der Waals surface area contributed by atoms with Crippen LogP contribution in [-0.2, 0) is 9.59 Å². The zero-order valence-corrected chi connectivity index (χ0v) is 14.3. The number of carbonyl (C=O) groups excluding carboxylic acids is 3. The van der Waals surface area contributed by atoms with Crippen LogP contribution in [0.5, 0.6) is 0 Å². The van der Waals surface area contributed by atoms with Gasteiger partial charge >= 0.3 is 0 Å². The van der Waals surface area contributed by atoms with E-state index in [0.29, 0.717) is 17.8 Å². The molecule has 6 nitrogen and oxygen atoms in total. The van der Waals surface area contributed by atoms with Gasteiger partial charge in [0.25, 0.3) is 5.91 Å². The molecule has 0 saturated heterocycles. The van der Waals surface area contributed by atoms with Crippen LogP contribution in [-0.4, -0.2) is 30.3 Å². The fourth-order valence-electron chi connectivity index (χ4n) is 3.13. The van der Waals surface area contributed by atoms with Crippen LogP contribution in [0.25, 0.3) is 0 Å². The maximum atomic E-state index is 12.2. The third-order valence-electron chi connectivity index (χ3n) is 4.74. The Morgan fingerprint density at radius 3 is 2.44 bits per heavy atom. The summed E-state index contributed by atoms with van der Waals surface area (Å²) in [5.74, 6) is -0.212. The minimum absolute atomic E-state index is 0.0505. The van der Waals surface area contributed by atoms with Crippen LogP contribution < -0.4 is 16.0 Å². The first-order valence-corrected chi connectivity index (χ1v) is 9.11. The third-order valence-corrected chi connectivity index (χ3v) is 4.74. The highest BCUT2D eigenvalue weighted by molar-refractivity contribution is 6.04. The highest BCUT2D eigenvalue weighted by atomic mass is 16.2. The van der Waals surface area contributed by atoms with Gasteiger partial charge < -0.3 is 16.0 Å². The van der Waals surface area contributed by atoms with Crippen LogP contribution in [0.4, 0.5) is 5.69 Å². The molecule has 0 spiro atoms. The molecule has 0 aliphatic heterocycles. The van der Waals surface area contributed by atoms with Crippen LogP contribution in [0.3, 0.4) is 0 Å². The second-order valence-corrected chi connectivity index (χ2v) is 6.86. The fraction of sp³-hybridized carbons (Fsp3) is 0.526. The van der Waals surface area contributed by atoms with Crippen molar-refractivity contribution in [2.45, 2.75) is 51.0 Å². The predicted molar refractivity (Wildman–Crippen MR) is 95.1 cm³/mol. The molecule has 25 heavy (non-hydrogen) atoms. The number of hydrogen-bond acceptors (Lipinski definition) is 3. The van der Waals surface area contributed by atoms with Gasteiger partial charge in [0.15, 0.2) is 0 Å². The zero-order chi connectivity index (χ0) is 17.6. The van der Waals surface area contributed by atoms with E-state index in [2.05, 4.69) is 16.0 Å². The summed E-state index contributed by atoms with van der Waals surface area (Å²) in [6, 6.07) is 7.25. The molecule has 2 saturated carbocycles. The first-order valence-electron chi connectivity index (χ1n) is 9.11. The first kappa shape index (κ1) is 17.5. The van der Waals surface area contributed by atoms with Crippen molar-refractivity contribution in [2.75, 3.05) is 11.9 Å². The molecule has 0 heterocycles. The summed E-state index contributed by atoms with van der Waals surface area (Å²) in [6.07, 6.45) is 6.33. The number of hydrogen-bond donors (Lipinski definition) is 3. The molecule has 134 valence electrons. The number of carbonyl (C=O) groups is 3. The topological polar surface area (TPSA) is 87.3 Å². The van der Waals surface area contributed by atoms with E-state index in [1.807, 2.05) is 0 Å². The van der Waals surface area contributed by atoms with Gasteiger partial charge in [0.1, 0.15) is 0 Å². The van der Waals surface area contributed by atoms with E-state index < -0.39 is 0 Å². The molecule has 3 amide bonds. The summed E-state index contributed by atoms with van der Waals surface area (Å²) in [6.45, 7) is 0.317. The SMILES string of the molecule is O=C(CCNC(=O)C1CCCC1)Nc1ccccc1C(=O)NC1CC1. The van der Waals surface area contributed by atoms with E-state index in [-0.39, 0.29) is 36.1 Å². The predicted octanol–water partition coefficient (Wildman–Crippen LogP) is 2.21. The van der Waals surface area contributed by atoms with Gasteiger partial charge in [-0.15, -0.1) is 0 Å². The lowest BCUT2D eigenvalue weighted by Gasteiger charge is -2.12. The molecule has 0 unspecified atom stereocenters. The molecule has 2 aliphatic rings. The van der Waals surface area contributed by atoms with Gasteiger partial charge in [0.05, 0.1) is 11.3 Å². The summed E-state index contributed by atoms with van der Waals surface area (Å²) in [7, 11) is 0. The average Bonchev–Trinajstić information content (AvgIpc) is 3.24. The Kier molecular flexibility index (Phi) is 5.68. The molecular weight excluding hydrogens is 318 g/mol. The summed E-state index contributed by atoms with van der Waals surface area (Å²) in [5.41, 5.74) is 0.977. The van der Waals surface area contributed by atoms with Crippen LogP contribution in [0.15, 0.2) is 24.3 Å². The van der Waals surface area contributed by atoms with Gasteiger partial charge in [0.2, 0.25) is 11.8 Å². The number of nitrogens with one attached hydrogen (secondary N) is 3. The minimum Gasteiger partial charge on any atom is -0.355 e. The number of para-hydroxylation sites is 1. The van der Waals surface area contributed by atoms with Crippen molar-refractivity contribution in [2.24, 2.45) is 5.92 Å². The van der Waals surface area contributed by atoms with Gasteiger partial charge in [-0.25, -0.2) is 0 Å². The van der Waals surface area contributed by atoms with Gasteiger partial charge in [-0.05, 0) is 37.8 Å². The maximum Gasteiger partial charge on any atom is 0.253 e. The molecule has 3 rings (SSSR count). The average molecular weight is 343 g/mol. The van der Waals surface area contributed by atoms with E-state index in [9.17, 15) is 14.4 Å². The molecule has 2 aliphatic carbocycles. The molecule has 0 bridgehead atoms. The lowest BCUT2D eigenvalue weighted by atomic mass is 10.1.